The number of nitrogens with one attached hydrogen (secondary N) is 2. The number of ketones is 1. The van der Waals surface area contributed by atoms with Crippen LogP contribution < -0.4 is 10.6 Å². The Morgan fingerprint density at radius 2 is 1.92 bits per heavy atom. The number of hydrogen-bond acceptors (Lipinski definition) is 6. The predicted octanol–water partition coefficient (Wildman–Crippen LogP) is 0.860. The first-order chi connectivity index (χ1) is 11.9. The lowest BCUT2D eigenvalue weighted by molar-refractivity contribution is -0.154. The predicted molar refractivity (Wildman–Crippen MR) is 94.0 cm³/mol. The van der Waals surface area contributed by atoms with Crippen molar-refractivity contribution in [1.82, 2.24) is 10.6 Å². The van der Waals surface area contributed by atoms with E-state index in [1.165, 1.54) is 13.8 Å². The van der Waals surface area contributed by atoms with Crippen LogP contribution in [0.5, 0.6) is 0 Å². The molecular weight excluding hydrogens is 338 g/mol. The highest BCUT2D eigenvalue weighted by Crippen LogP contribution is 2.41. The van der Waals surface area contributed by atoms with E-state index in [4.69, 9.17) is 4.74 Å². The van der Waals surface area contributed by atoms with Gasteiger partial charge in [0.25, 0.3) is 0 Å². The summed E-state index contributed by atoms with van der Waals surface area (Å²) in [4.78, 5) is 53.5. The molecule has 0 bridgehead atoms. The normalized spacial score (nSPS) is 28.2. The maximum Gasteiger partial charge on any atom is 0.303 e. The van der Waals surface area contributed by atoms with Crippen LogP contribution in [-0.2, 0) is 23.9 Å². The molecule has 2 unspecified atom stereocenters. The summed E-state index contributed by atoms with van der Waals surface area (Å²) in [5.41, 5.74) is -1.48. The molecule has 1 heterocycles. The van der Waals surface area contributed by atoms with Gasteiger partial charge in [0.2, 0.25) is 17.8 Å². The van der Waals surface area contributed by atoms with Gasteiger partial charge in [-0.15, -0.1) is 0 Å². The number of Topliss-reactive ketones (excluding diaryl/α,β-unsaturated/α-hetero) is 1. The fourth-order valence-corrected chi connectivity index (χ4v) is 3.16. The first kappa shape index (κ1) is 19.8. The maximum absolute atomic E-state index is 12.7. The average molecular weight is 363 g/mol. The Morgan fingerprint density at radius 1 is 1.31 bits per heavy atom. The Kier molecular flexibility index (Phi) is 5.07. The second-order valence-corrected chi connectivity index (χ2v) is 7.84. The van der Waals surface area contributed by atoms with Gasteiger partial charge in [-0.05, 0) is 26.3 Å². The number of amides is 2. The molecule has 0 saturated carbocycles. The van der Waals surface area contributed by atoms with Crippen LogP contribution in [0.4, 0.5) is 0 Å². The zero-order valence-electron chi connectivity index (χ0n) is 15.9. The van der Waals surface area contributed by atoms with E-state index in [0.29, 0.717) is 6.42 Å². The number of carbonyl (C=O) groups is 4. The highest BCUT2D eigenvalue weighted by atomic mass is 16.5. The van der Waals surface area contributed by atoms with Crippen molar-refractivity contribution in [2.75, 3.05) is 0 Å². The van der Waals surface area contributed by atoms with Crippen molar-refractivity contribution in [1.29, 1.82) is 0 Å². The van der Waals surface area contributed by atoms with E-state index < -0.39 is 40.6 Å². The number of guanidine groups is 1. The molecule has 26 heavy (non-hydrogen) atoms. The van der Waals surface area contributed by atoms with Gasteiger partial charge >= 0.3 is 5.97 Å². The molecule has 0 spiro atoms. The van der Waals surface area contributed by atoms with Gasteiger partial charge in [-0.2, -0.15) is 0 Å². The van der Waals surface area contributed by atoms with Gasteiger partial charge in [-0.25, -0.2) is 4.99 Å². The van der Waals surface area contributed by atoms with Crippen molar-refractivity contribution in [3.63, 3.8) is 0 Å². The number of fused-ring (bicyclic) bond motifs is 1. The second-order valence-electron chi connectivity index (χ2n) is 7.84. The van der Waals surface area contributed by atoms with Gasteiger partial charge in [-0.3, -0.25) is 29.8 Å². The molecule has 0 radical (unpaired) electrons. The number of nitrogens with zero attached hydrogens (tertiary/aromatic N) is 1. The summed E-state index contributed by atoms with van der Waals surface area (Å²) in [7, 11) is 0. The Morgan fingerprint density at radius 3 is 2.42 bits per heavy atom. The number of esters is 1. The fraction of sp³-hybridized carbons (Fsp3) is 0.611. The highest BCUT2D eigenvalue weighted by Gasteiger charge is 2.58. The first-order valence-electron chi connectivity index (χ1n) is 8.45. The lowest BCUT2D eigenvalue weighted by Crippen LogP contribution is -2.66. The fourth-order valence-electron chi connectivity index (χ4n) is 3.16. The Balaban J connectivity index is 2.56. The summed E-state index contributed by atoms with van der Waals surface area (Å²) in [5, 5.41) is 5.10. The number of aliphatic imine (C=N–C) groups is 1. The first-order valence-corrected chi connectivity index (χ1v) is 8.45. The summed E-state index contributed by atoms with van der Waals surface area (Å²) in [6, 6.07) is 0. The van der Waals surface area contributed by atoms with Crippen LogP contribution in [0, 0.1) is 11.3 Å². The van der Waals surface area contributed by atoms with E-state index in [1.54, 1.807) is 33.8 Å². The number of rotatable bonds is 2. The number of allylic oxidation sites excluding steroid dienone is 1. The van der Waals surface area contributed by atoms with Crippen LogP contribution >= 0.6 is 0 Å². The van der Waals surface area contributed by atoms with Crippen molar-refractivity contribution in [2.45, 2.75) is 59.6 Å². The minimum Gasteiger partial charge on any atom is -0.455 e. The van der Waals surface area contributed by atoms with Gasteiger partial charge in [0.1, 0.15) is 0 Å². The summed E-state index contributed by atoms with van der Waals surface area (Å²) >= 11 is 0. The standard InChI is InChI=1S/C18H25N3O5/c1-9-7-12-14(24)19-16(20-15(25)17(4,5)6)21-18(12,10(2)22)13(8-9)26-11(3)23/h8,12-13H,7H2,1-6H3,(H2,19,20,21,24,25)/t12?,13?,18-/m0/s1. The topological polar surface area (TPSA) is 114 Å². The Bertz CT molecular complexity index is 732. The van der Waals surface area contributed by atoms with Gasteiger partial charge < -0.3 is 4.74 Å². The summed E-state index contributed by atoms with van der Waals surface area (Å²) < 4.78 is 5.33. The molecule has 8 heteroatoms. The minimum atomic E-state index is -1.59. The molecule has 142 valence electrons. The van der Waals surface area contributed by atoms with Crippen molar-refractivity contribution >= 4 is 29.5 Å². The summed E-state index contributed by atoms with van der Waals surface area (Å²) in [6.45, 7) is 9.48. The molecule has 0 aromatic heterocycles. The molecular formula is C18H25N3O5. The van der Waals surface area contributed by atoms with E-state index in [2.05, 4.69) is 15.6 Å². The van der Waals surface area contributed by atoms with Crippen LogP contribution in [0.25, 0.3) is 0 Å². The maximum atomic E-state index is 12.7. The largest absolute Gasteiger partial charge is 0.455 e. The van der Waals surface area contributed by atoms with Crippen LogP contribution in [0.3, 0.4) is 0 Å². The zero-order chi connectivity index (χ0) is 19.9. The van der Waals surface area contributed by atoms with Crippen molar-refractivity contribution in [3.8, 4) is 0 Å². The molecule has 2 aliphatic rings. The summed E-state index contributed by atoms with van der Waals surface area (Å²) in [6.07, 6.45) is 0.946. The van der Waals surface area contributed by atoms with Gasteiger partial charge in [0.05, 0.1) is 5.92 Å². The average Bonchev–Trinajstić information content (AvgIpc) is 2.46. The number of ether oxygens (including phenoxy) is 1. The molecule has 2 rings (SSSR count). The molecule has 2 N–H and O–H groups in total. The highest BCUT2D eigenvalue weighted by molar-refractivity contribution is 6.11. The van der Waals surface area contributed by atoms with Crippen molar-refractivity contribution in [2.24, 2.45) is 16.3 Å². The van der Waals surface area contributed by atoms with Crippen molar-refractivity contribution in [3.05, 3.63) is 11.6 Å². The molecule has 0 aromatic carbocycles. The van der Waals surface area contributed by atoms with Gasteiger partial charge in [-0.1, -0.05) is 26.3 Å². The van der Waals surface area contributed by atoms with E-state index in [1.807, 2.05) is 0 Å². The van der Waals surface area contributed by atoms with Crippen LogP contribution in [0.15, 0.2) is 16.6 Å². The van der Waals surface area contributed by atoms with E-state index in [-0.39, 0.29) is 11.9 Å². The number of carbonyl (C=O) groups excluding carboxylic acids is 4. The quantitative estimate of drug-likeness (QED) is 0.558. The zero-order valence-corrected chi connectivity index (χ0v) is 15.9. The van der Waals surface area contributed by atoms with E-state index >= 15 is 0 Å². The molecule has 0 saturated heterocycles. The molecule has 8 nitrogen and oxygen atoms in total. The second kappa shape index (κ2) is 6.66. The molecule has 0 fully saturated rings. The Labute approximate surface area is 152 Å². The molecule has 3 atom stereocenters. The third kappa shape index (κ3) is 3.54. The SMILES string of the molecule is CC(=O)OC1C=C(C)CC2C(=O)NC(NC(=O)C(C)(C)C)=N[C@]12C(C)=O. The lowest BCUT2D eigenvalue weighted by atomic mass is 9.68. The lowest BCUT2D eigenvalue weighted by Gasteiger charge is -2.44. The van der Waals surface area contributed by atoms with E-state index in [9.17, 15) is 19.2 Å². The Hall–Kier alpha value is -2.51. The third-order valence-corrected chi connectivity index (χ3v) is 4.55. The molecule has 0 aromatic rings. The van der Waals surface area contributed by atoms with Crippen LogP contribution in [0.2, 0.25) is 0 Å². The van der Waals surface area contributed by atoms with Gasteiger partial charge in [0.15, 0.2) is 17.4 Å². The minimum absolute atomic E-state index is 0.105. The third-order valence-electron chi connectivity index (χ3n) is 4.55. The van der Waals surface area contributed by atoms with Crippen molar-refractivity contribution < 1.29 is 23.9 Å². The molecule has 1 aliphatic heterocycles. The molecule has 2 amide bonds. The van der Waals surface area contributed by atoms with Crippen LogP contribution in [-0.4, -0.2) is 41.2 Å². The monoisotopic (exact) mass is 363 g/mol. The summed E-state index contributed by atoms with van der Waals surface area (Å²) in [5.74, 6) is -2.71. The van der Waals surface area contributed by atoms with E-state index in [0.717, 1.165) is 5.57 Å². The molecule has 1 aliphatic carbocycles. The number of hydrogen-bond donors (Lipinski definition) is 2. The van der Waals surface area contributed by atoms with Gasteiger partial charge in [0, 0.05) is 12.3 Å². The smallest absolute Gasteiger partial charge is 0.303 e. The van der Waals surface area contributed by atoms with Crippen LogP contribution in [0.1, 0.15) is 48.0 Å².